The summed E-state index contributed by atoms with van der Waals surface area (Å²) >= 11 is 0. The smallest absolute Gasteiger partial charge is 0.315 e. The molecule has 0 spiro atoms. The number of sulfonamides is 1. The Morgan fingerprint density at radius 3 is 2.40 bits per heavy atom. The van der Waals surface area contributed by atoms with Gasteiger partial charge in [0.15, 0.2) is 0 Å². The van der Waals surface area contributed by atoms with Crippen molar-refractivity contribution in [3.8, 4) is 0 Å². The van der Waals surface area contributed by atoms with E-state index in [1.165, 1.54) is 13.5 Å². The van der Waals surface area contributed by atoms with Gasteiger partial charge in [0.1, 0.15) is 5.76 Å². The lowest BCUT2D eigenvalue weighted by molar-refractivity contribution is 0.143. The van der Waals surface area contributed by atoms with Gasteiger partial charge in [0.25, 0.3) is 0 Å². The fourth-order valence-corrected chi connectivity index (χ4v) is 4.38. The molecule has 164 valence electrons. The zero-order chi connectivity index (χ0) is 21.4. The number of benzene rings is 1. The van der Waals surface area contributed by atoms with Crippen LogP contribution < -0.4 is 15.4 Å². The SMILES string of the molecule is CNS(=O)(=O)Cc1ccc(CNC(=O)NCC(c2ccco2)N2CCCCC2)cc1. The summed E-state index contributed by atoms with van der Waals surface area (Å²) in [6.45, 7) is 2.84. The molecule has 0 bridgehead atoms. The molecule has 0 saturated carbocycles. The van der Waals surface area contributed by atoms with Gasteiger partial charge in [-0.05, 0) is 56.2 Å². The molecule has 2 amide bonds. The van der Waals surface area contributed by atoms with Crippen LogP contribution in [0.25, 0.3) is 0 Å². The summed E-state index contributed by atoms with van der Waals surface area (Å²) in [5.74, 6) is 0.798. The molecular weight excluding hydrogens is 404 g/mol. The fraction of sp³-hybridized carbons (Fsp3) is 0.476. The predicted octanol–water partition coefficient (Wildman–Crippen LogP) is 2.36. The fourth-order valence-electron chi connectivity index (χ4n) is 3.60. The first-order chi connectivity index (χ1) is 14.5. The molecule has 1 aliphatic heterocycles. The lowest BCUT2D eigenvalue weighted by Gasteiger charge is -2.33. The number of urea groups is 1. The van der Waals surface area contributed by atoms with E-state index in [1.807, 2.05) is 24.3 Å². The Morgan fingerprint density at radius 2 is 1.77 bits per heavy atom. The van der Waals surface area contributed by atoms with Crippen LogP contribution in [0.3, 0.4) is 0 Å². The molecule has 0 aliphatic carbocycles. The zero-order valence-corrected chi connectivity index (χ0v) is 18.1. The monoisotopic (exact) mass is 434 g/mol. The molecule has 1 aliphatic rings. The molecule has 8 nitrogen and oxygen atoms in total. The van der Waals surface area contributed by atoms with E-state index in [4.69, 9.17) is 4.42 Å². The Morgan fingerprint density at radius 1 is 1.07 bits per heavy atom. The first-order valence-electron chi connectivity index (χ1n) is 10.2. The number of piperidine rings is 1. The van der Waals surface area contributed by atoms with Gasteiger partial charge in [-0.15, -0.1) is 0 Å². The molecule has 2 heterocycles. The molecule has 1 atom stereocenters. The second kappa shape index (κ2) is 10.6. The van der Waals surface area contributed by atoms with Gasteiger partial charge in [-0.3, -0.25) is 4.90 Å². The van der Waals surface area contributed by atoms with E-state index in [0.717, 1.165) is 37.3 Å². The first-order valence-corrected chi connectivity index (χ1v) is 11.9. The van der Waals surface area contributed by atoms with Crippen molar-refractivity contribution in [2.45, 2.75) is 37.6 Å². The summed E-state index contributed by atoms with van der Waals surface area (Å²) < 4.78 is 31.1. The molecular formula is C21H30N4O4S. The number of amides is 2. The van der Waals surface area contributed by atoms with Crippen molar-refractivity contribution in [2.75, 3.05) is 26.7 Å². The number of hydrogen-bond acceptors (Lipinski definition) is 5. The van der Waals surface area contributed by atoms with Crippen molar-refractivity contribution in [3.05, 3.63) is 59.5 Å². The maximum absolute atomic E-state index is 12.3. The minimum absolute atomic E-state index is 0.0273. The Bertz CT molecular complexity index is 892. The lowest BCUT2D eigenvalue weighted by Crippen LogP contribution is -2.43. The third-order valence-electron chi connectivity index (χ3n) is 5.30. The van der Waals surface area contributed by atoms with Crippen LogP contribution in [0.15, 0.2) is 47.1 Å². The zero-order valence-electron chi connectivity index (χ0n) is 17.3. The summed E-state index contributed by atoms with van der Waals surface area (Å²) in [6.07, 6.45) is 5.23. The summed E-state index contributed by atoms with van der Waals surface area (Å²) in [5, 5.41) is 5.80. The van der Waals surface area contributed by atoms with E-state index in [9.17, 15) is 13.2 Å². The number of hydrogen-bond donors (Lipinski definition) is 3. The minimum Gasteiger partial charge on any atom is -0.468 e. The van der Waals surface area contributed by atoms with Gasteiger partial charge in [0, 0.05) is 13.1 Å². The molecule has 0 radical (unpaired) electrons. The topological polar surface area (TPSA) is 104 Å². The van der Waals surface area contributed by atoms with Gasteiger partial charge in [0.2, 0.25) is 10.0 Å². The molecule has 3 rings (SSSR count). The number of nitrogens with one attached hydrogen (secondary N) is 3. The maximum atomic E-state index is 12.3. The van der Waals surface area contributed by atoms with E-state index in [1.54, 1.807) is 18.4 Å². The predicted molar refractivity (Wildman–Crippen MR) is 115 cm³/mol. The van der Waals surface area contributed by atoms with Crippen LogP contribution >= 0.6 is 0 Å². The number of likely N-dealkylation sites (tertiary alicyclic amines) is 1. The second-order valence-electron chi connectivity index (χ2n) is 7.47. The van der Waals surface area contributed by atoms with Gasteiger partial charge in [0.05, 0.1) is 18.1 Å². The number of carbonyl (C=O) groups is 1. The Labute approximate surface area is 178 Å². The van der Waals surface area contributed by atoms with Gasteiger partial charge in [-0.2, -0.15) is 0 Å². The molecule has 1 fully saturated rings. The number of nitrogens with zero attached hydrogens (tertiary/aromatic N) is 1. The van der Waals surface area contributed by atoms with E-state index in [2.05, 4.69) is 20.3 Å². The van der Waals surface area contributed by atoms with Crippen molar-refractivity contribution in [3.63, 3.8) is 0 Å². The summed E-state index contributed by atoms with van der Waals surface area (Å²) in [4.78, 5) is 14.7. The van der Waals surface area contributed by atoms with Gasteiger partial charge >= 0.3 is 6.03 Å². The minimum atomic E-state index is -3.30. The van der Waals surface area contributed by atoms with Gasteiger partial charge in [-0.1, -0.05) is 30.7 Å². The lowest BCUT2D eigenvalue weighted by atomic mass is 10.1. The Balaban J connectivity index is 1.48. The molecule has 1 aromatic carbocycles. The van der Waals surface area contributed by atoms with Crippen molar-refractivity contribution >= 4 is 16.1 Å². The van der Waals surface area contributed by atoms with E-state index in [-0.39, 0.29) is 17.8 Å². The average Bonchev–Trinajstić information content (AvgIpc) is 3.28. The van der Waals surface area contributed by atoms with Gasteiger partial charge < -0.3 is 15.1 Å². The maximum Gasteiger partial charge on any atom is 0.315 e. The normalized spacial score (nSPS) is 16.2. The third-order valence-corrected chi connectivity index (χ3v) is 6.64. The van der Waals surface area contributed by atoms with E-state index >= 15 is 0 Å². The molecule has 3 N–H and O–H groups in total. The van der Waals surface area contributed by atoms with Crippen molar-refractivity contribution < 1.29 is 17.6 Å². The number of rotatable bonds is 9. The van der Waals surface area contributed by atoms with Crippen LogP contribution in [-0.2, 0) is 22.3 Å². The number of carbonyl (C=O) groups excluding carboxylic acids is 1. The summed E-state index contributed by atoms with van der Waals surface area (Å²) in [5.41, 5.74) is 1.59. The molecule has 2 aromatic rings. The highest BCUT2D eigenvalue weighted by Gasteiger charge is 2.24. The third kappa shape index (κ3) is 6.58. The molecule has 1 aromatic heterocycles. The van der Waals surface area contributed by atoms with E-state index in [0.29, 0.717) is 18.7 Å². The van der Waals surface area contributed by atoms with Crippen molar-refractivity contribution in [1.82, 2.24) is 20.3 Å². The highest BCUT2D eigenvalue weighted by atomic mass is 32.2. The van der Waals surface area contributed by atoms with Crippen molar-refractivity contribution in [2.24, 2.45) is 0 Å². The highest BCUT2D eigenvalue weighted by molar-refractivity contribution is 7.88. The summed E-state index contributed by atoms with van der Waals surface area (Å²) in [7, 11) is -1.90. The van der Waals surface area contributed by atoms with Crippen LogP contribution in [-0.4, -0.2) is 46.0 Å². The van der Waals surface area contributed by atoms with Crippen LogP contribution in [0.2, 0.25) is 0 Å². The molecule has 30 heavy (non-hydrogen) atoms. The second-order valence-corrected chi connectivity index (χ2v) is 9.40. The number of furan rings is 1. The van der Waals surface area contributed by atoms with Crippen LogP contribution in [0.4, 0.5) is 4.79 Å². The quantitative estimate of drug-likeness (QED) is 0.562. The standard InChI is InChI=1S/C21H30N4O4S/c1-22-30(27,28)16-18-9-7-17(8-10-18)14-23-21(26)24-15-19(20-6-5-13-29-20)25-11-3-2-4-12-25/h5-10,13,19,22H,2-4,11-12,14-16H2,1H3,(H2,23,24,26). The van der Waals surface area contributed by atoms with Gasteiger partial charge in [-0.25, -0.2) is 17.9 Å². The highest BCUT2D eigenvalue weighted by Crippen LogP contribution is 2.24. The first kappa shape index (κ1) is 22.3. The van der Waals surface area contributed by atoms with Crippen LogP contribution in [0.1, 0.15) is 42.2 Å². The van der Waals surface area contributed by atoms with Crippen LogP contribution in [0.5, 0.6) is 0 Å². The average molecular weight is 435 g/mol. The molecule has 1 unspecified atom stereocenters. The Hall–Kier alpha value is -2.36. The molecule has 1 saturated heterocycles. The summed E-state index contributed by atoms with van der Waals surface area (Å²) in [6, 6.07) is 10.8. The van der Waals surface area contributed by atoms with E-state index < -0.39 is 10.0 Å². The molecule has 9 heteroatoms. The Kier molecular flexibility index (Phi) is 7.89. The van der Waals surface area contributed by atoms with Crippen LogP contribution in [0, 0.1) is 0 Å². The van der Waals surface area contributed by atoms with Crippen molar-refractivity contribution in [1.29, 1.82) is 0 Å². The largest absolute Gasteiger partial charge is 0.468 e.